The van der Waals surface area contributed by atoms with Crippen molar-refractivity contribution in [1.29, 1.82) is 0 Å². The summed E-state index contributed by atoms with van der Waals surface area (Å²) in [6.07, 6.45) is 9.78. The van der Waals surface area contributed by atoms with Crippen molar-refractivity contribution in [3.8, 4) is 0 Å². The Bertz CT molecular complexity index is 248. The van der Waals surface area contributed by atoms with Crippen molar-refractivity contribution in [2.45, 2.75) is 51.9 Å². The van der Waals surface area contributed by atoms with Gasteiger partial charge in [0, 0.05) is 0 Å². The number of aryl methyl sites for hydroxylation is 1. The van der Waals surface area contributed by atoms with Crippen molar-refractivity contribution in [3.05, 3.63) is 17.0 Å². The van der Waals surface area contributed by atoms with Crippen molar-refractivity contribution < 1.29 is 18.3 Å². The van der Waals surface area contributed by atoms with E-state index >= 15 is 0 Å². The fourth-order valence-corrected chi connectivity index (χ4v) is 3.91. The summed E-state index contributed by atoms with van der Waals surface area (Å²) in [4.78, 5) is 1.60. The van der Waals surface area contributed by atoms with Gasteiger partial charge in [-0.25, -0.2) is 0 Å². The monoisotopic (exact) mass is 295 g/mol. The molecule has 0 unspecified atom stereocenters. The van der Waals surface area contributed by atoms with Gasteiger partial charge in [-0.1, -0.05) is 0 Å². The minimum Gasteiger partial charge on any atom is -0.147 e. The first-order valence-electron chi connectivity index (χ1n) is 5.73. The number of hydrogen-bond acceptors (Lipinski definition) is 1. The van der Waals surface area contributed by atoms with Gasteiger partial charge in [0.05, 0.1) is 0 Å². The molecule has 0 aliphatic rings. The van der Waals surface area contributed by atoms with Crippen LogP contribution < -0.4 is 3.47 Å². The molecule has 0 spiro atoms. The van der Waals surface area contributed by atoms with Crippen LogP contribution in [0.25, 0.3) is 0 Å². The van der Waals surface area contributed by atoms with Crippen LogP contribution in [0.5, 0.6) is 0 Å². The Morgan fingerprint density at radius 2 is 1.73 bits per heavy atom. The molecule has 1 aromatic rings. The minimum absolute atomic E-state index is 0. The van der Waals surface area contributed by atoms with Gasteiger partial charge in [-0.15, -0.1) is 12.4 Å². The van der Waals surface area contributed by atoms with Crippen LogP contribution in [0.2, 0.25) is 0 Å². The molecule has 0 aliphatic heterocycles. The molecule has 0 amide bonds. The first-order valence-corrected chi connectivity index (χ1v) is 8.03. The molecule has 1 aromatic heterocycles. The minimum atomic E-state index is 0. The van der Waals surface area contributed by atoms with Crippen LogP contribution in [0.15, 0.2) is 12.1 Å². The number of rotatable bonds is 7. The van der Waals surface area contributed by atoms with E-state index in [1.807, 2.05) is 11.3 Å². The third kappa shape index (κ3) is 7.49. The number of halogens is 1. The summed E-state index contributed by atoms with van der Waals surface area (Å²) < 4.78 is 1.57. The molecule has 0 saturated heterocycles. The number of unbranched alkanes of at least 4 members (excludes halogenated alkanes) is 5. The van der Waals surface area contributed by atoms with Crippen LogP contribution in [0.1, 0.15) is 50.3 Å². The van der Waals surface area contributed by atoms with Crippen LogP contribution in [0, 0.1) is 0 Å². The molecule has 83 valence electrons. The topological polar surface area (TPSA) is 0 Å². The summed E-state index contributed by atoms with van der Waals surface area (Å²) in [5.74, 6) is 0. The second-order valence-corrected chi connectivity index (χ2v) is 7.81. The van der Waals surface area contributed by atoms with Crippen LogP contribution >= 0.6 is 23.7 Å². The van der Waals surface area contributed by atoms with E-state index < -0.39 is 0 Å². The molecule has 0 aliphatic carbocycles. The van der Waals surface area contributed by atoms with Crippen LogP contribution in [-0.2, 0) is 24.7 Å². The Morgan fingerprint density at radius 1 is 1.07 bits per heavy atom. The summed E-state index contributed by atoms with van der Waals surface area (Å²) in [5.41, 5.74) is 0. The van der Waals surface area contributed by atoms with E-state index in [0.717, 1.165) is 0 Å². The van der Waals surface area contributed by atoms with Gasteiger partial charge >= 0.3 is 102 Å². The molecule has 1 heterocycles. The van der Waals surface area contributed by atoms with Gasteiger partial charge in [0.2, 0.25) is 0 Å². The zero-order valence-corrected chi connectivity index (χ0v) is 14.2. The number of hydrogen-bond donors (Lipinski definition) is 0. The molecule has 0 atom stereocenters. The van der Waals surface area contributed by atoms with Gasteiger partial charge in [0.1, 0.15) is 0 Å². The fraction of sp³-hybridized carbons (Fsp3) is 0.667. The molecular formula is C12H20ClSZn. The molecular weight excluding hydrogens is 277 g/mol. The van der Waals surface area contributed by atoms with Gasteiger partial charge in [0.25, 0.3) is 0 Å². The molecule has 0 N–H and O–H groups in total. The van der Waals surface area contributed by atoms with E-state index in [9.17, 15) is 0 Å². The van der Waals surface area contributed by atoms with Crippen molar-refractivity contribution in [2.75, 3.05) is 0 Å². The third-order valence-corrected chi connectivity index (χ3v) is 4.90. The fourth-order valence-electron chi connectivity index (χ4n) is 1.64. The Morgan fingerprint density at radius 3 is 2.33 bits per heavy atom. The molecule has 15 heavy (non-hydrogen) atoms. The van der Waals surface area contributed by atoms with Crippen LogP contribution in [0.4, 0.5) is 0 Å². The Hall–Kier alpha value is 0.613. The Kier molecular flexibility index (Phi) is 10.2. The van der Waals surface area contributed by atoms with Crippen molar-refractivity contribution in [1.82, 2.24) is 0 Å². The SMILES string of the molecule is CCCCCCCCc1cc[c]([Zn])s1.Cl. The second kappa shape index (κ2) is 9.81. The Balaban J connectivity index is 0.00000196. The molecule has 0 saturated carbocycles. The molecule has 0 aromatic carbocycles. The molecule has 0 bridgehead atoms. The number of thiophene rings is 1. The predicted molar refractivity (Wildman–Crippen MR) is 68.3 cm³/mol. The largest absolute Gasteiger partial charge is 0.147 e. The van der Waals surface area contributed by atoms with Crippen LogP contribution in [-0.4, -0.2) is 0 Å². The van der Waals surface area contributed by atoms with E-state index in [1.165, 1.54) is 63.2 Å². The summed E-state index contributed by atoms with van der Waals surface area (Å²) >= 11 is 3.33. The average Bonchev–Trinajstić information content (AvgIpc) is 2.58. The third-order valence-electron chi connectivity index (χ3n) is 2.49. The zero-order valence-electron chi connectivity index (χ0n) is 9.63. The molecule has 1 rings (SSSR count). The summed E-state index contributed by atoms with van der Waals surface area (Å²) in [6.45, 7) is 2.28. The molecule has 3 heteroatoms. The maximum atomic E-state index is 2.32. The molecule has 0 radical (unpaired) electrons. The van der Waals surface area contributed by atoms with E-state index in [-0.39, 0.29) is 12.4 Å². The van der Waals surface area contributed by atoms with E-state index in [0.29, 0.717) is 0 Å². The van der Waals surface area contributed by atoms with Crippen molar-refractivity contribution in [2.24, 2.45) is 0 Å². The quantitative estimate of drug-likeness (QED) is 0.521. The smallest absolute Gasteiger partial charge is 0.147 e. The summed E-state index contributed by atoms with van der Waals surface area (Å²) in [5, 5.41) is 0. The normalized spacial score (nSPS) is 10.1. The molecule has 0 nitrogen and oxygen atoms in total. The van der Waals surface area contributed by atoms with Gasteiger partial charge in [0.15, 0.2) is 0 Å². The summed E-state index contributed by atoms with van der Waals surface area (Å²) in [6, 6.07) is 4.60. The first-order chi connectivity index (χ1) is 6.83. The maximum absolute atomic E-state index is 2.32. The first kappa shape index (κ1) is 15.6. The Labute approximate surface area is 114 Å². The van der Waals surface area contributed by atoms with Crippen molar-refractivity contribution in [3.63, 3.8) is 0 Å². The summed E-state index contributed by atoms with van der Waals surface area (Å²) in [7, 11) is 0. The van der Waals surface area contributed by atoms with Gasteiger partial charge < -0.3 is 0 Å². The van der Waals surface area contributed by atoms with Crippen molar-refractivity contribution >= 4 is 27.2 Å². The van der Waals surface area contributed by atoms with E-state index in [4.69, 9.17) is 0 Å². The van der Waals surface area contributed by atoms with E-state index in [2.05, 4.69) is 19.1 Å². The van der Waals surface area contributed by atoms with Gasteiger partial charge in [-0.3, -0.25) is 0 Å². The van der Waals surface area contributed by atoms with Gasteiger partial charge in [-0.2, -0.15) is 0 Å². The zero-order chi connectivity index (χ0) is 10.2. The van der Waals surface area contributed by atoms with E-state index in [1.54, 1.807) is 8.35 Å². The second-order valence-electron chi connectivity index (χ2n) is 3.89. The molecule has 0 fully saturated rings. The predicted octanol–water partition coefficient (Wildman–Crippen LogP) is 4.25. The standard InChI is InChI=1S/C12H19S.ClH.Zn/c1-2-3-4-5-6-7-9-12-10-8-11-13-12;;/h8,10H,2-7,9H2,1H3;1H;. The maximum Gasteiger partial charge on any atom is -0.147 e. The van der Waals surface area contributed by atoms with Gasteiger partial charge in [-0.05, 0) is 0 Å². The van der Waals surface area contributed by atoms with Crippen LogP contribution in [0.3, 0.4) is 0 Å². The average molecular weight is 297 g/mol.